The van der Waals surface area contributed by atoms with Crippen molar-refractivity contribution < 1.29 is 19.4 Å². The fourth-order valence-electron chi connectivity index (χ4n) is 4.97. The number of hydrogen-bond acceptors (Lipinski definition) is 6. The number of anilines is 3. The highest BCUT2D eigenvalue weighted by Crippen LogP contribution is 2.38. The second-order valence-corrected chi connectivity index (χ2v) is 9.18. The standard InChI is InChI=1S/C28H31N3O4/c1-31(22-6-4-19(5-7-22)20-10-14-34-15-11-20)23-8-9-24-21(12-16-35-26(24)17-23)18-30-25-3-2-13-29-27(25)28(32)33/h2-9,13,17,20-21,30H,10-12,14-16,18H2,1H3,(H,32,33)/t21-/m0/s1. The van der Waals surface area contributed by atoms with E-state index >= 15 is 0 Å². The summed E-state index contributed by atoms with van der Waals surface area (Å²) in [5.74, 6) is 0.660. The Morgan fingerprint density at radius 2 is 1.83 bits per heavy atom. The topological polar surface area (TPSA) is 83.9 Å². The van der Waals surface area contributed by atoms with Gasteiger partial charge in [-0.3, -0.25) is 0 Å². The second kappa shape index (κ2) is 10.4. The summed E-state index contributed by atoms with van der Waals surface area (Å²) in [5, 5.41) is 12.7. The second-order valence-electron chi connectivity index (χ2n) is 9.18. The molecule has 2 aliphatic heterocycles. The zero-order valence-corrected chi connectivity index (χ0v) is 19.9. The number of fused-ring (bicyclic) bond motifs is 1. The zero-order valence-electron chi connectivity index (χ0n) is 19.9. The van der Waals surface area contributed by atoms with Gasteiger partial charge in [0.25, 0.3) is 0 Å². The van der Waals surface area contributed by atoms with Gasteiger partial charge in [0.15, 0.2) is 5.69 Å². The van der Waals surface area contributed by atoms with Gasteiger partial charge in [0, 0.05) is 56.4 Å². The number of aromatic carboxylic acids is 1. The Balaban J connectivity index is 1.29. The molecule has 182 valence electrons. The van der Waals surface area contributed by atoms with E-state index in [0.717, 1.165) is 55.2 Å². The molecule has 1 saturated heterocycles. The molecule has 7 heteroatoms. The minimum Gasteiger partial charge on any atom is -0.493 e. The summed E-state index contributed by atoms with van der Waals surface area (Å²) < 4.78 is 11.5. The first kappa shape index (κ1) is 23.2. The Kier molecular flexibility index (Phi) is 6.86. The highest BCUT2D eigenvalue weighted by molar-refractivity contribution is 5.91. The van der Waals surface area contributed by atoms with Crippen molar-refractivity contribution in [3.63, 3.8) is 0 Å². The molecule has 5 rings (SSSR count). The molecule has 0 amide bonds. The number of ether oxygens (including phenoxy) is 2. The largest absolute Gasteiger partial charge is 0.493 e. The zero-order chi connectivity index (χ0) is 24.2. The number of nitrogens with one attached hydrogen (secondary N) is 1. The van der Waals surface area contributed by atoms with Crippen LogP contribution in [-0.2, 0) is 4.74 Å². The fraction of sp³-hybridized carbons (Fsp3) is 0.357. The summed E-state index contributed by atoms with van der Waals surface area (Å²) in [6.45, 7) is 2.94. The number of carboxylic acids is 1. The molecular weight excluding hydrogens is 442 g/mol. The van der Waals surface area contributed by atoms with E-state index in [0.29, 0.717) is 24.8 Å². The van der Waals surface area contributed by atoms with Crippen molar-refractivity contribution in [2.75, 3.05) is 43.6 Å². The smallest absolute Gasteiger partial charge is 0.356 e. The van der Waals surface area contributed by atoms with Crippen LogP contribution in [0.1, 0.15) is 52.7 Å². The van der Waals surface area contributed by atoms with Crippen LogP contribution in [0.25, 0.3) is 0 Å². The van der Waals surface area contributed by atoms with E-state index in [1.54, 1.807) is 12.1 Å². The lowest BCUT2D eigenvalue weighted by Crippen LogP contribution is -2.22. The van der Waals surface area contributed by atoms with Crippen LogP contribution in [0, 0.1) is 0 Å². The van der Waals surface area contributed by atoms with Gasteiger partial charge in [0.1, 0.15) is 5.75 Å². The minimum absolute atomic E-state index is 0.0413. The maximum atomic E-state index is 11.5. The quantitative estimate of drug-likeness (QED) is 0.474. The van der Waals surface area contributed by atoms with E-state index in [9.17, 15) is 9.90 Å². The summed E-state index contributed by atoms with van der Waals surface area (Å²) in [6, 6.07) is 18.7. The number of hydrogen-bond donors (Lipinski definition) is 2. The summed E-state index contributed by atoms with van der Waals surface area (Å²) in [5.41, 5.74) is 5.29. The molecule has 2 N–H and O–H groups in total. The van der Waals surface area contributed by atoms with Crippen LogP contribution in [0.15, 0.2) is 60.8 Å². The van der Waals surface area contributed by atoms with Gasteiger partial charge in [0.05, 0.1) is 12.3 Å². The van der Waals surface area contributed by atoms with Gasteiger partial charge < -0.3 is 24.8 Å². The minimum atomic E-state index is -1.03. The number of aromatic nitrogens is 1. The van der Waals surface area contributed by atoms with E-state index in [2.05, 4.69) is 64.7 Å². The van der Waals surface area contributed by atoms with Gasteiger partial charge in [-0.1, -0.05) is 18.2 Å². The van der Waals surface area contributed by atoms with E-state index in [4.69, 9.17) is 9.47 Å². The Hall–Kier alpha value is -3.58. The van der Waals surface area contributed by atoms with Gasteiger partial charge >= 0.3 is 5.97 Å². The predicted octanol–water partition coefficient (Wildman–Crippen LogP) is 5.42. The van der Waals surface area contributed by atoms with Crippen LogP contribution < -0.4 is 15.0 Å². The maximum absolute atomic E-state index is 11.5. The van der Waals surface area contributed by atoms with Crippen molar-refractivity contribution in [1.82, 2.24) is 4.98 Å². The number of nitrogens with zero attached hydrogens (tertiary/aromatic N) is 2. The highest BCUT2D eigenvalue weighted by atomic mass is 16.5. The predicted molar refractivity (Wildman–Crippen MR) is 136 cm³/mol. The molecule has 35 heavy (non-hydrogen) atoms. The third-order valence-corrected chi connectivity index (χ3v) is 7.07. The molecule has 3 heterocycles. The molecular formula is C28H31N3O4. The molecule has 2 aliphatic rings. The monoisotopic (exact) mass is 473 g/mol. The number of rotatable bonds is 7. The van der Waals surface area contributed by atoms with E-state index in [-0.39, 0.29) is 11.6 Å². The lowest BCUT2D eigenvalue weighted by Gasteiger charge is -2.29. The average Bonchev–Trinajstić information content (AvgIpc) is 2.92. The summed E-state index contributed by atoms with van der Waals surface area (Å²) in [7, 11) is 2.07. The van der Waals surface area contributed by atoms with Crippen LogP contribution in [0.5, 0.6) is 5.75 Å². The Morgan fingerprint density at radius 1 is 1.06 bits per heavy atom. The Bertz CT molecular complexity index is 1180. The summed E-state index contributed by atoms with van der Waals surface area (Å²) in [6.07, 6.45) is 4.54. The van der Waals surface area contributed by atoms with Gasteiger partial charge in [-0.05, 0) is 66.6 Å². The maximum Gasteiger partial charge on any atom is 0.356 e. The Morgan fingerprint density at radius 3 is 2.60 bits per heavy atom. The molecule has 0 aliphatic carbocycles. The van der Waals surface area contributed by atoms with Gasteiger partial charge in [-0.25, -0.2) is 9.78 Å². The van der Waals surface area contributed by atoms with Crippen LogP contribution >= 0.6 is 0 Å². The molecule has 1 aromatic heterocycles. The third kappa shape index (κ3) is 5.10. The van der Waals surface area contributed by atoms with E-state index in [1.807, 2.05) is 0 Å². The van der Waals surface area contributed by atoms with Crippen LogP contribution in [0.2, 0.25) is 0 Å². The van der Waals surface area contributed by atoms with Crippen LogP contribution in [-0.4, -0.2) is 49.5 Å². The van der Waals surface area contributed by atoms with Gasteiger partial charge in [-0.15, -0.1) is 0 Å². The SMILES string of the molecule is CN(c1ccc(C2CCOCC2)cc1)c1ccc2c(c1)OCC[C@H]2CNc1cccnc1C(=O)O. The number of carbonyl (C=O) groups is 1. The molecule has 1 fully saturated rings. The average molecular weight is 474 g/mol. The van der Waals surface area contributed by atoms with E-state index < -0.39 is 5.97 Å². The number of benzene rings is 2. The third-order valence-electron chi connectivity index (χ3n) is 7.07. The van der Waals surface area contributed by atoms with Crippen molar-refractivity contribution in [3.8, 4) is 5.75 Å². The van der Waals surface area contributed by atoms with Crippen molar-refractivity contribution in [3.05, 3.63) is 77.6 Å². The molecule has 2 aromatic carbocycles. The molecule has 0 unspecified atom stereocenters. The Labute approximate surface area is 205 Å². The lowest BCUT2D eigenvalue weighted by atomic mass is 9.91. The van der Waals surface area contributed by atoms with Crippen molar-refractivity contribution in [1.29, 1.82) is 0 Å². The fourth-order valence-corrected chi connectivity index (χ4v) is 4.97. The number of carboxylic acid groups (broad SMARTS) is 1. The molecule has 0 spiro atoms. The van der Waals surface area contributed by atoms with Crippen LogP contribution in [0.3, 0.4) is 0 Å². The normalized spacial score (nSPS) is 17.8. The summed E-state index contributed by atoms with van der Waals surface area (Å²) in [4.78, 5) is 17.6. The van der Waals surface area contributed by atoms with Crippen molar-refractivity contribution in [2.45, 2.75) is 31.1 Å². The van der Waals surface area contributed by atoms with Gasteiger partial charge in [-0.2, -0.15) is 0 Å². The molecule has 3 aromatic rings. The summed E-state index contributed by atoms with van der Waals surface area (Å²) >= 11 is 0. The molecule has 0 saturated carbocycles. The van der Waals surface area contributed by atoms with E-state index in [1.165, 1.54) is 11.8 Å². The molecule has 1 atom stereocenters. The highest BCUT2D eigenvalue weighted by Gasteiger charge is 2.23. The number of pyridine rings is 1. The first-order valence-electron chi connectivity index (χ1n) is 12.2. The van der Waals surface area contributed by atoms with Crippen LogP contribution in [0.4, 0.5) is 17.1 Å². The molecule has 0 radical (unpaired) electrons. The first-order chi connectivity index (χ1) is 17.1. The lowest BCUT2D eigenvalue weighted by molar-refractivity contribution is 0.0691. The molecule has 7 nitrogen and oxygen atoms in total. The molecule has 0 bridgehead atoms. The van der Waals surface area contributed by atoms with Crippen molar-refractivity contribution >= 4 is 23.0 Å². The first-order valence-corrected chi connectivity index (χ1v) is 12.2. The van der Waals surface area contributed by atoms with Crippen molar-refractivity contribution in [2.24, 2.45) is 0 Å². The van der Waals surface area contributed by atoms with Gasteiger partial charge in [0.2, 0.25) is 0 Å².